The van der Waals surface area contributed by atoms with Crippen molar-refractivity contribution in [1.82, 2.24) is 9.97 Å². The number of aryl methyl sites for hydroxylation is 2. The quantitative estimate of drug-likeness (QED) is 0.857. The SMILES string of the molecule is Cc1cc(C)nc(N(CCC(N)=S)c2ccccc2)n1. The summed E-state index contributed by atoms with van der Waals surface area (Å²) in [5, 5.41) is 0. The molecule has 20 heavy (non-hydrogen) atoms. The Bertz CT molecular complexity index is 578. The molecule has 1 aromatic carbocycles. The summed E-state index contributed by atoms with van der Waals surface area (Å²) in [5.74, 6) is 0.685. The summed E-state index contributed by atoms with van der Waals surface area (Å²) in [4.78, 5) is 11.6. The topological polar surface area (TPSA) is 55.0 Å². The van der Waals surface area contributed by atoms with Crippen molar-refractivity contribution in [2.24, 2.45) is 5.73 Å². The van der Waals surface area contributed by atoms with Gasteiger partial charge in [-0.3, -0.25) is 0 Å². The molecule has 1 aromatic heterocycles. The smallest absolute Gasteiger partial charge is 0.230 e. The zero-order valence-corrected chi connectivity index (χ0v) is 12.5. The summed E-state index contributed by atoms with van der Waals surface area (Å²) in [6, 6.07) is 12.0. The number of nitrogens with zero attached hydrogens (tertiary/aromatic N) is 3. The van der Waals surface area contributed by atoms with Crippen LogP contribution in [0.1, 0.15) is 17.8 Å². The number of aromatic nitrogens is 2. The Kier molecular flexibility index (Phi) is 4.63. The lowest BCUT2D eigenvalue weighted by molar-refractivity contribution is 0.893. The lowest BCUT2D eigenvalue weighted by atomic mass is 10.2. The summed E-state index contributed by atoms with van der Waals surface area (Å²) in [6.07, 6.45) is 0.626. The van der Waals surface area contributed by atoms with Gasteiger partial charge in [-0.25, -0.2) is 9.97 Å². The van der Waals surface area contributed by atoms with E-state index in [4.69, 9.17) is 18.0 Å². The lowest BCUT2D eigenvalue weighted by Crippen LogP contribution is -2.25. The zero-order chi connectivity index (χ0) is 14.5. The molecule has 0 fully saturated rings. The third-order valence-electron chi connectivity index (χ3n) is 2.86. The maximum atomic E-state index is 5.62. The third kappa shape index (κ3) is 3.74. The highest BCUT2D eigenvalue weighted by molar-refractivity contribution is 7.80. The number of hydrogen-bond acceptors (Lipinski definition) is 4. The zero-order valence-electron chi connectivity index (χ0n) is 11.7. The van der Waals surface area contributed by atoms with E-state index >= 15 is 0 Å². The molecule has 1 heterocycles. The highest BCUT2D eigenvalue weighted by atomic mass is 32.1. The van der Waals surface area contributed by atoms with Crippen LogP contribution in [0.5, 0.6) is 0 Å². The molecule has 0 aliphatic carbocycles. The van der Waals surface area contributed by atoms with E-state index in [0.717, 1.165) is 17.1 Å². The Hall–Kier alpha value is -2.01. The van der Waals surface area contributed by atoms with Crippen molar-refractivity contribution >= 4 is 28.8 Å². The van der Waals surface area contributed by atoms with Crippen LogP contribution >= 0.6 is 12.2 Å². The normalized spacial score (nSPS) is 10.3. The van der Waals surface area contributed by atoms with E-state index in [1.165, 1.54) is 0 Å². The average molecular weight is 286 g/mol. The molecule has 2 N–H and O–H groups in total. The van der Waals surface area contributed by atoms with Crippen molar-refractivity contribution in [2.45, 2.75) is 20.3 Å². The molecule has 0 amide bonds. The minimum Gasteiger partial charge on any atom is -0.393 e. The van der Waals surface area contributed by atoms with Gasteiger partial charge in [-0.15, -0.1) is 0 Å². The van der Waals surface area contributed by atoms with E-state index in [-0.39, 0.29) is 0 Å². The van der Waals surface area contributed by atoms with Crippen molar-refractivity contribution in [3.05, 3.63) is 47.8 Å². The van der Waals surface area contributed by atoms with Crippen molar-refractivity contribution in [2.75, 3.05) is 11.4 Å². The Morgan fingerprint density at radius 3 is 2.30 bits per heavy atom. The predicted octanol–water partition coefficient (Wildman–Crippen LogP) is 2.91. The van der Waals surface area contributed by atoms with Crippen molar-refractivity contribution < 1.29 is 0 Å². The van der Waals surface area contributed by atoms with Crippen LogP contribution in [0.4, 0.5) is 11.6 Å². The molecule has 0 unspecified atom stereocenters. The number of benzene rings is 1. The molecule has 0 aliphatic heterocycles. The molecule has 104 valence electrons. The van der Waals surface area contributed by atoms with Gasteiger partial charge in [0, 0.05) is 30.0 Å². The summed E-state index contributed by atoms with van der Waals surface area (Å²) in [6.45, 7) is 4.60. The van der Waals surface area contributed by atoms with Gasteiger partial charge < -0.3 is 10.6 Å². The van der Waals surface area contributed by atoms with Gasteiger partial charge in [0.1, 0.15) is 0 Å². The van der Waals surface area contributed by atoms with Crippen LogP contribution in [-0.4, -0.2) is 21.5 Å². The fraction of sp³-hybridized carbons (Fsp3) is 0.267. The number of rotatable bonds is 5. The van der Waals surface area contributed by atoms with E-state index in [9.17, 15) is 0 Å². The molecular weight excluding hydrogens is 268 g/mol. The van der Waals surface area contributed by atoms with Crippen LogP contribution < -0.4 is 10.6 Å². The maximum absolute atomic E-state index is 5.62. The molecule has 0 saturated carbocycles. The van der Waals surface area contributed by atoms with Crippen molar-refractivity contribution in [3.63, 3.8) is 0 Å². The monoisotopic (exact) mass is 286 g/mol. The van der Waals surface area contributed by atoms with E-state index in [0.29, 0.717) is 23.9 Å². The number of thiocarbonyl (C=S) groups is 1. The molecule has 5 heteroatoms. The lowest BCUT2D eigenvalue weighted by Gasteiger charge is -2.23. The van der Waals surface area contributed by atoms with E-state index in [1.807, 2.05) is 55.1 Å². The Morgan fingerprint density at radius 2 is 1.75 bits per heavy atom. The third-order valence-corrected chi connectivity index (χ3v) is 3.07. The van der Waals surface area contributed by atoms with Gasteiger partial charge in [-0.1, -0.05) is 30.4 Å². The molecule has 2 rings (SSSR count). The molecule has 0 bridgehead atoms. The van der Waals surface area contributed by atoms with Gasteiger partial charge >= 0.3 is 0 Å². The molecule has 0 atom stereocenters. The fourth-order valence-electron chi connectivity index (χ4n) is 2.00. The van der Waals surface area contributed by atoms with Gasteiger partial charge in [0.15, 0.2) is 0 Å². The van der Waals surface area contributed by atoms with Gasteiger partial charge in [0.05, 0.1) is 4.99 Å². The Labute approximate surface area is 124 Å². The standard InChI is InChI=1S/C15H18N4S/c1-11-10-12(2)18-15(17-11)19(9-8-14(16)20)13-6-4-3-5-7-13/h3-7,10H,8-9H2,1-2H3,(H2,16,20). The molecular formula is C15H18N4S. The second-order valence-electron chi connectivity index (χ2n) is 4.65. The number of nitrogens with two attached hydrogens (primary N) is 1. The highest BCUT2D eigenvalue weighted by Crippen LogP contribution is 2.22. The van der Waals surface area contributed by atoms with Crippen LogP contribution in [-0.2, 0) is 0 Å². The summed E-state index contributed by atoms with van der Waals surface area (Å²) >= 11 is 4.98. The van der Waals surface area contributed by atoms with Crippen molar-refractivity contribution in [3.8, 4) is 0 Å². The predicted molar refractivity (Wildman–Crippen MR) is 86.4 cm³/mol. The largest absolute Gasteiger partial charge is 0.393 e. The van der Waals surface area contributed by atoms with Crippen LogP contribution in [0, 0.1) is 13.8 Å². The number of anilines is 2. The summed E-state index contributed by atoms with van der Waals surface area (Å²) < 4.78 is 0. The molecule has 2 aromatic rings. The second-order valence-corrected chi connectivity index (χ2v) is 5.18. The van der Waals surface area contributed by atoms with Crippen LogP contribution in [0.3, 0.4) is 0 Å². The minimum atomic E-state index is 0.496. The highest BCUT2D eigenvalue weighted by Gasteiger charge is 2.13. The first kappa shape index (κ1) is 14.4. The summed E-state index contributed by atoms with van der Waals surface area (Å²) in [5.41, 5.74) is 8.55. The first-order valence-corrected chi connectivity index (χ1v) is 6.90. The van der Waals surface area contributed by atoms with Gasteiger partial charge in [0.2, 0.25) is 5.95 Å². The molecule has 0 saturated heterocycles. The van der Waals surface area contributed by atoms with Crippen LogP contribution in [0.2, 0.25) is 0 Å². The molecule has 4 nitrogen and oxygen atoms in total. The Balaban J connectivity index is 2.37. The Morgan fingerprint density at radius 1 is 1.15 bits per heavy atom. The molecule has 0 radical (unpaired) electrons. The average Bonchev–Trinajstić information content (AvgIpc) is 2.38. The fourth-order valence-corrected chi connectivity index (χ4v) is 2.09. The second kappa shape index (κ2) is 6.43. The first-order valence-electron chi connectivity index (χ1n) is 6.49. The van der Waals surface area contributed by atoms with E-state index in [2.05, 4.69) is 9.97 Å². The maximum Gasteiger partial charge on any atom is 0.230 e. The van der Waals surface area contributed by atoms with Crippen LogP contribution in [0.25, 0.3) is 0 Å². The molecule has 0 aliphatic rings. The van der Waals surface area contributed by atoms with Gasteiger partial charge in [-0.2, -0.15) is 0 Å². The van der Waals surface area contributed by atoms with E-state index < -0.39 is 0 Å². The number of hydrogen-bond donors (Lipinski definition) is 1. The minimum absolute atomic E-state index is 0.496. The molecule has 0 spiro atoms. The number of para-hydroxylation sites is 1. The van der Waals surface area contributed by atoms with Gasteiger partial charge in [-0.05, 0) is 32.0 Å². The summed E-state index contributed by atoms with van der Waals surface area (Å²) in [7, 11) is 0. The van der Waals surface area contributed by atoms with Crippen LogP contribution in [0.15, 0.2) is 36.4 Å². The van der Waals surface area contributed by atoms with Crippen molar-refractivity contribution in [1.29, 1.82) is 0 Å². The first-order chi connectivity index (χ1) is 9.56. The van der Waals surface area contributed by atoms with Gasteiger partial charge in [0.25, 0.3) is 0 Å². The van der Waals surface area contributed by atoms with E-state index in [1.54, 1.807) is 0 Å².